The van der Waals surface area contributed by atoms with Crippen molar-refractivity contribution in [3.05, 3.63) is 29.8 Å². The molecule has 1 fully saturated rings. The Kier molecular flexibility index (Phi) is 3.97. The van der Waals surface area contributed by atoms with E-state index in [-0.39, 0.29) is 11.7 Å². The van der Waals surface area contributed by atoms with Crippen molar-refractivity contribution >= 4 is 11.6 Å². The molecule has 18 heavy (non-hydrogen) atoms. The van der Waals surface area contributed by atoms with Crippen LogP contribution in [0.1, 0.15) is 43.0 Å². The van der Waals surface area contributed by atoms with Gasteiger partial charge in [0, 0.05) is 11.3 Å². The van der Waals surface area contributed by atoms with E-state index < -0.39 is 0 Å². The molecule has 1 aromatic carbocycles. The summed E-state index contributed by atoms with van der Waals surface area (Å²) in [4.78, 5) is 11.8. The van der Waals surface area contributed by atoms with E-state index in [9.17, 15) is 9.90 Å². The lowest BCUT2D eigenvalue weighted by Gasteiger charge is -2.19. The molecule has 1 atom stereocenters. The van der Waals surface area contributed by atoms with E-state index in [0.29, 0.717) is 11.5 Å². The summed E-state index contributed by atoms with van der Waals surface area (Å²) in [5.41, 5.74) is 4.05. The molecule has 0 bridgehead atoms. The van der Waals surface area contributed by atoms with Gasteiger partial charge in [-0.15, -0.1) is 0 Å². The van der Waals surface area contributed by atoms with Crippen molar-refractivity contribution in [1.82, 2.24) is 5.43 Å². The van der Waals surface area contributed by atoms with Crippen LogP contribution in [0.3, 0.4) is 0 Å². The largest absolute Gasteiger partial charge is 0.508 e. The third-order valence-corrected chi connectivity index (χ3v) is 3.30. The number of benzene rings is 1. The summed E-state index contributed by atoms with van der Waals surface area (Å²) in [6.07, 6.45) is 4.48. The first-order valence-corrected chi connectivity index (χ1v) is 6.32. The molecule has 1 aromatic rings. The minimum Gasteiger partial charge on any atom is -0.508 e. The molecular formula is C14H18N2O2. The van der Waals surface area contributed by atoms with Crippen molar-refractivity contribution in [2.24, 2.45) is 11.0 Å². The standard InChI is InChI=1S/C14H18N2O2/c1-10-5-2-3-8-13(10)15-16-14(18)11-6-4-7-12(17)9-11/h4,6-7,9-10,17H,2-3,5,8H2,1H3,(H,16,18)/b15-13-/t10-/m1/s1. The number of carbonyl (C=O) groups is 1. The summed E-state index contributed by atoms with van der Waals surface area (Å²) < 4.78 is 0. The van der Waals surface area contributed by atoms with Crippen molar-refractivity contribution < 1.29 is 9.90 Å². The van der Waals surface area contributed by atoms with E-state index >= 15 is 0 Å². The molecule has 1 aliphatic carbocycles. The molecule has 0 aromatic heterocycles. The summed E-state index contributed by atoms with van der Waals surface area (Å²) in [5.74, 6) is 0.251. The molecular weight excluding hydrogens is 228 g/mol. The zero-order valence-corrected chi connectivity index (χ0v) is 10.5. The molecule has 1 amide bonds. The zero-order valence-electron chi connectivity index (χ0n) is 10.5. The third kappa shape index (κ3) is 3.09. The van der Waals surface area contributed by atoms with Crippen LogP contribution < -0.4 is 5.43 Å². The van der Waals surface area contributed by atoms with Gasteiger partial charge in [-0.3, -0.25) is 4.79 Å². The van der Waals surface area contributed by atoms with Crippen molar-refractivity contribution in [3.63, 3.8) is 0 Å². The molecule has 0 heterocycles. The molecule has 0 spiro atoms. The van der Waals surface area contributed by atoms with Gasteiger partial charge >= 0.3 is 0 Å². The predicted octanol–water partition coefficient (Wildman–Crippen LogP) is 2.69. The lowest BCUT2D eigenvalue weighted by atomic mass is 9.89. The topological polar surface area (TPSA) is 61.7 Å². The minimum absolute atomic E-state index is 0.0846. The second-order valence-electron chi connectivity index (χ2n) is 4.74. The maximum atomic E-state index is 11.8. The molecule has 4 nitrogen and oxygen atoms in total. The highest BCUT2D eigenvalue weighted by atomic mass is 16.3. The van der Waals surface area contributed by atoms with Gasteiger partial charge in [0.1, 0.15) is 5.75 Å². The normalized spacial score (nSPS) is 21.8. The highest BCUT2D eigenvalue weighted by molar-refractivity contribution is 5.96. The van der Waals surface area contributed by atoms with E-state index in [0.717, 1.165) is 25.0 Å². The van der Waals surface area contributed by atoms with Crippen LogP contribution in [0.4, 0.5) is 0 Å². The van der Waals surface area contributed by atoms with E-state index in [1.165, 1.54) is 18.6 Å². The molecule has 2 N–H and O–H groups in total. The lowest BCUT2D eigenvalue weighted by molar-refractivity contribution is 0.0954. The van der Waals surface area contributed by atoms with Crippen LogP contribution in [0, 0.1) is 5.92 Å². The molecule has 0 saturated heterocycles. The fourth-order valence-electron chi connectivity index (χ4n) is 2.17. The van der Waals surface area contributed by atoms with E-state index in [1.807, 2.05) is 0 Å². The second-order valence-corrected chi connectivity index (χ2v) is 4.74. The number of rotatable bonds is 2. The molecule has 4 heteroatoms. The van der Waals surface area contributed by atoms with Crippen molar-refractivity contribution in [1.29, 1.82) is 0 Å². The van der Waals surface area contributed by atoms with Gasteiger partial charge in [0.05, 0.1) is 0 Å². The summed E-state index contributed by atoms with van der Waals surface area (Å²) in [6.45, 7) is 2.14. The Labute approximate surface area is 107 Å². The number of hydrogen-bond acceptors (Lipinski definition) is 3. The fourth-order valence-corrected chi connectivity index (χ4v) is 2.17. The number of hydrazone groups is 1. The van der Waals surface area contributed by atoms with Crippen LogP contribution >= 0.6 is 0 Å². The second kappa shape index (κ2) is 5.67. The maximum absolute atomic E-state index is 11.8. The monoisotopic (exact) mass is 246 g/mol. The maximum Gasteiger partial charge on any atom is 0.271 e. The SMILES string of the molecule is C[C@@H]1CCCC/C1=N/NC(=O)c1cccc(O)c1. The minimum atomic E-state index is -0.281. The van der Waals surface area contributed by atoms with Crippen molar-refractivity contribution in [2.45, 2.75) is 32.6 Å². The van der Waals surface area contributed by atoms with Crippen LogP contribution in [0.25, 0.3) is 0 Å². The Balaban J connectivity index is 2.01. The van der Waals surface area contributed by atoms with Gasteiger partial charge in [-0.1, -0.05) is 19.4 Å². The molecule has 0 unspecified atom stereocenters. The highest BCUT2D eigenvalue weighted by Crippen LogP contribution is 2.20. The number of aromatic hydroxyl groups is 1. The summed E-state index contributed by atoms with van der Waals surface area (Å²) >= 11 is 0. The Morgan fingerprint density at radius 1 is 1.44 bits per heavy atom. The van der Waals surface area contributed by atoms with Crippen molar-refractivity contribution in [2.75, 3.05) is 0 Å². The highest BCUT2D eigenvalue weighted by Gasteiger charge is 2.16. The number of nitrogens with one attached hydrogen (secondary N) is 1. The van der Waals surface area contributed by atoms with Gasteiger partial charge in [0.25, 0.3) is 5.91 Å². The quantitative estimate of drug-likeness (QED) is 0.788. The Hall–Kier alpha value is -1.84. The zero-order chi connectivity index (χ0) is 13.0. The van der Waals surface area contributed by atoms with Gasteiger partial charge in [0.2, 0.25) is 0 Å². The number of amides is 1. The van der Waals surface area contributed by atoms with Crippen LogP contribution in [0.5, 0.6) is 5.75 Å². The number of phenolic OH excluding ortho intramolecular Hbond substituents is 1. The lowest BCUT2D eigenvalue weighted by Crippen LogP contribution is -2.24. The molecule has 96 valence electrons. The molecule has 0 radical (unpaired) electrons. The number of hydrogen-bond donors (Lipinski definition) is 2. The number of phenols is 1. The summed E-state index contributed by atoms with van der Waals surface area (Å²) in [6, 6.07) is 6.26. The molecule has 1 aliphatic rings. The Morgan fingerprint density at radius 3 is 3.00 bits per heavy atom. The average molecular weight is 246 g/mol. The van der Waals surface area contributed by atoms with Crippen LogP contribution in [0.2, 0.25) is 0 Å². The van der Waals surface area contributed by atoms with E-state index in [4.69, 9.17) is 0 Å². The predicted molar refractivity (Wildman–Crippen MR) is 70.6 cm³/mol. The number of carbonyl (C=O) groups excluding carboxylic acids is 1. The Bertz CT molecular complexity index is 469. The first-order chi connectivity index (χ1) is 8.66. The van der Waals surface area contributed by atoms with Gasteiger partial charge < -0.3 is 5.11 Å². The fraction of sp³-hybridized carbons (Fsp3) is 0.429. The van der Waals surface area contributed by atoms with E-state index in [1.54, 1.807) is 12.1 Å². The van der Waals surface area contributed by atoms with Crippen LogP contribution in [-0.2, 0) is 0 Å². The Morgan fingerprint density at radius 2 is 2.28 bits per heavy atom. The average Bonchev–Trinajstić information content (AvgIpc) is 2.37. The van der Waals surface area contributed by atoms with Crippen LogP contribution in [0.15, 0.2) is 29.4 Å². The molecule has 2 rings (SSSR count). The van der Waals surface area contributed by atoms with Gasteiger partial charge in [-0.05, 0) is 43.4 Å². The van der Waals surface area contributed by atoms with Gasteiger partial charge in [-0.25, -0.2) is 5.43 Å². The van der Waals surface area contributed by atoms with Gasteiger partial charge in [-0.2, -0.15) is 5.10 Å². The smallest absolute Gasteiger partial charge is 0.271 e. The number of nitrogens with zero attached hydrogens (tertiary/aromatic N) is 1. The van der Waals surface area contributed by atoms with E-state index in [2.05, 4.69) is 17.5 Å². The van der Waals surface area contributed by atoms with Gasteiger partial charge in [0.15, 0.2) is 0 Å². The van der Waals surface area contributed by atoms with Crippen LogP contribution in [-0.4, -0.2) is 16.7 Å². The first kappa shape index (κ1) is 12.6. The van der Waals surface area contributed by atoms with Crippen molar-refractivity contribution in [3.8, 4) is 5.75 Å². The first-order valence-electron chi connectivity index (χ1n) is 6.32. The third-order valence-electron chi connectivity index (χ3n) is 3.30. The summed E-state index contributed by atoms with van der Waals surface area (Å²) in [5, 5.41) is 13.5. The summed E-state index contributed by atoms with van der Waals surface area (Å²) in [7, 11) is 0. The molecule has 1 saturated carbocycles. The molecule has 0 aliphatic heterocycles.